The van der Waals surface area contributed by atoms with E-state index in [1.165, 1.54) is 0 Å². The summed E-state index contributed by atoms with van der Waals surface area (Å²) in [5, 5.41) is 13.2. The average molecular weight is 430 g/mol. The van der Waals surface area contributed by atoms with Gasteiger partial charge in [0.15, 0.2) is 5.16 Å². The van der Waals surface area contributed by atoms with Crippen molar-refractivity contribution in [1.29, 1.82) is 5.26 Å². The molecule has 2 aromatic heterocycles. The zero-order valence-corrected chi connectivity index (χ0v) is 17.5. The molecule has 0 atom stereocenters. The molecule has 0 radical (unpaired) electrons. The molecule has 4 rings (SSSR count). The highest BCUT2D eigenvalue weighted by Crippen LogP contribution is 2.24. The van der Waals surface area contributed by atoms with Crippen molar-refractivity contribution in [3.63, 3.8) is 0 Å². The minimum absolute atomic E-state index is 0.0399. The zero-order chi connectivity index (χ0) is 21.8. The summed E-state index contributed by atoms with van der Waals surface area (Å²) < 4.78 is 0. The van der Waals surface area contributed by atoms with Gasteiger partial charge in [0.1, 0.15) is 11.9 Å². The molecule has 2 aromatic carbocycles. The number of para-hydroxylation sites is 1. The van der Waals surface area contributed by atoms with Crippen LogP contribution >= 0.6 is 11.8 Å². The number of aromatic nitrogens is 3. The Morgan fingerprint density at radius 2 is 1.87 bits per heavy atom. The second kappa shape index (κ2) is 8.90. The second-order valence-electron chi connectivity index (χ2n) is 6.98. The number of carbonyl (C=O) groups is 1. The molecule has 0 aliphatic carbocycles. The number of nitrogens with one attached hydrogen (secondary N) is 3. The summed E-state index contributed by atoms with van der Waals surface area (Å²) in [6, 6.07) is 19.1. The first-order valence-corrected chi connectivity index (χ1v) is 10.6. The lowest BCUT2D eigenvalue weighted by atomic mass is 10.1. The number of anilines is 1. The van der Waals surface area contributed by atoms with Crippen LogP contribution in [0.5, 0.6) is 0 Å². The Balaban J connectivity index is 1.47. The van der Waals surface area contributed by atoms with Crippen molar-refractivity contribution in [3.05, 3.63) is 87.3 Å². The molecule has 4 aromatic rings. The molecule has 0 saturated carbocycles. The molecule has 0 bridgehead atoms. The van der Waals surface area contributed by atoms with E-state index < -0.39 is 0 Å². The van der Waals surface area contributed by atoms with Crippen LogP contribution in [-0.2, 0) is 11.2 Å². The van der Waals surface area contributed by atoms with E-state index in [-0.39, 0.29) is 17.2 Å². The summed E-state index contributed by atoms with van der Waals surface area (Å²) in [5.74, 6) is 0.124. The maximum atomic E-state index is 12.5. The minimum atomic E-state index is -0.301. The second-order valence-corrected chi connectivity index (χ2v) is 7.94. The number of rotatable bonds is 6. The monoisotopic (exact) mass is 429 g/mol. The average Bonchev–Trinajstić information content (AvgIpc) is 3.06. The molecule has 7 nitrogen and oxygen atoms in total. The van der Waals surface area contributed by atoms with Crippen molar-refractivity contribution >= 4 is 34.4 Å². The van der Waals surface area contributed by atoms with Gasteiger partial charge in [0.25, 0.3) is 5.56 Å². The predicted octanol–water partition coefficient (Wildman–Crippen LogP) is 3.75. The number of fused-ring (bicyclic) bond motifs is 1. The third kappa shape index (κ3) is 4.52. The van der Waals surface area contributed by atoms with Crippen LogP contribution in [0.25, 0.3) is 10.9 Å². The van der Waals surface area contributed by atoms with Gasteiger partial charge >= 0.3 is 0 Å². The third-order valence-corrected chi connectivity index (χ3v) is 5.76. The highest BCUT2D eigenvalue weighted by molar-refractivity contribution is 7.99. The maximum Gasteiger partial charge on any atom is 0.259 e. The van der Waals surface area contributed by atoms with Crippen LogP contribution in [0.2, 0.25) is 0 Å². The fraction of sp³-hybridized carbons (Fsp3) is 0.130. The topological polar surface area (TPSA) is 114 Å². The normalized spacial score (nSPS) is 10.7. The van der Waals surface area contributed by atoms with Gasteiger partial charge in [0.05, 0.1) is 22.2 Å². The number of benzene rings is 2. The predicted molar refractivity (Wildman–Crippen MR) is 121 cm³/mol. The summed E-state index contributed by atoms with van der Waals surface area (Å²) in [6.07, 6.45) is 0.633. The van der Waals surface area contributed by atoms with Crippen LogP contribution < -0.4 is 10.9 Å². The number of thioether (sulfide) groups is 1. The van der Waals surface area contributed by atoms with E-state index in [0.29, 0.717) is 33.9 Å². The number of nitriles is 1. The molecule has 2 heterocycles. The Hall–Kier alpha value is -3.83. The third-order valence-electron chi connectivity index (χ3n) is 4.88. The van der Waals surface area contributed by atoms with Crippen LogP contribution in [-0.4, -0.2) is 26.6 Å². The highest BCUT2D eigenvalue weighted by Gasteiger charge is 2.17. The number of hydrogen-bond acceptors (Lipinski definition) is 5. The van der Waals surface area contributed by atoms with Gasteiger partial charge in [-0.2, -0.15) is 5.26 Å². The minimum Gasteiger partial charge on any atom is -0.344 e. The maximum absolute atomic E-state index is 12.5. The van der Waals surface area contributed by atoms with E-state index in [1.54, 1.807) is 24.3 Å². The van der Waals surface area contributed by atoms with Crippen LogP contribution in [0.15, 0.2) is 64.5 Å². The Morgan fingerprint density at radius 3 is 2.65 bits per heavy atom. The van der Waals surface area contributed by atoms with E-state index in [4.69, 9.17) is 0 Å². The van der Waals surface area contributed by atoms with Crippen LogP contribution in [0, 0.1) is 18.3 Å². The van der Waals surface area contributed by atoms with E-state index in [9.17, 15) is 14.9 Å². The standard InChI is InChI=1S/C23H19N5O2S/c1-14-17(12-24)21(25-19(14)11-15-7-3-2-4-8-15)27-20(29)13-31-23-26-18-10-6-5-9-16(18)22(30)28-23/h2-10,25H,11,13H2,1H3,(H,27,29)(H,26,28,30). The van der Waals surface area contributed by atoms with Gasteiger partial charge < -0.3 is 15.3 Å². The van der Waals surface area contributed by atoms with Crippen molar-refractivity contribution in [3.8, 4) is 6.07 Å². The van der Waals surface area contributed by atoms with Gasteiger partial charge in [-0.3, -0.25) is 9.59 Å². The molecule has 8 heteroatoms. The van der Waals surface area contributed by atoms with Gasteiger partial charge in [-0.05, 0) is 30.2 Å². The quantitative estimate of drug-likeness (QED) is 0.319. The summed E-state index contributed by atoms with van der Waals surface area (Å²) in [4.78, 5) is 34.9. The first kappa shape index (κ1) is 20.4. The zero-order valence-electron chi connectivity index (χ0n) is 16.7. The van der Waals surface area contributed by atoms with Crippen molar-refractivity contribution in [2.75, 3.05) is 11.1 Å². The summed E-state index contributed by atoms with van der Waals surface area (Å²) in [7, 11) is 0. The lowest BCUT2D eigenvalue weighted by molar-refractivity contribution is -0.113. The van der Waals surface area contributed by atoms with Crippen molar-refractivity contribution in [1.82, 2.24) is 15.0 Å². The smallest absolute Gasteiger partial charge is 0.259 e. The number of H-pyrrole nitrogens is 2. The van der Waals surface area contributed by atoms with E-state index >= 15 is 0 Å². The van der Waals surface area contributed by atoms with Gasteiger partial charge in [0.2, 0.25) is 5.91 Å². The largest absolute Gasteiger partial charge is 0.344 e. The number of hydrogen-bond donors (Lipinski definition) is 3. The summed E-state index contributed by atoms with van der Waals surface area (Å²) >= 11 is 1.13. The molecule has 3 N–H and O–H groups in total. The molecule has 0 spiro atoms. The summed E-state index contributed by atoms with van der Waals surface area (Å²) in [5.41, 5.74) is 3.55. The lowest BCUT2D eigenvalue weighted by Crippen LogP contribution is -2.16. The molecule has 0 aliphatic rings. The molecule has 31 heavy (non-hydrogen) atoms. The van der Waals surface area contributed by atoms with Gasteiger partial charge in [-0.1, -0.05) is 54.2 Å². The molecule has 1 amide bonds. The van der Waals surface area contributed by atoms with E-state index in [0.717, 1.165) is 28.6 Å². The number of carbonyl (C=O) groups excluding carboxylic acids is 1. The van der Waals surface area contributed by atoms with E-state index in [1.807, 2.05) is 37.3 Å². The fourth-order valence-electron chi connectivity index (χ4n) is 3.30. The van der Waals surface area contributed by atoms with E-state index in [2.05, 4.69) is 26.3 Å². The molecule has 0 fully saturated rings. The highest BCUT2D eigenvalue weighted by atomic mass is 32.2. The number of amides is 1. The molecular weight excluding hydrogens is 410 g/mol. The summed E-state index contributed by atoms with van der Waals surface area (Å²) in [6.45, 7) is 1.86. The fourth-order valence-corrected chi connectivity index (χ4v) is 3.97. The Bertz CT molecular complexity index is 1350. The van der Waals surface area contributed by atoms with Crippen LogP contribution in [0.1, 0.15) is 22.4 Å². The molecule has 0 unspecified atom stereocenters. The van der Waals surface area contributed by atoms with Crippen molar-refractivity contribution in [2.45, 2.75) is 18.5 Å². The Labute approximate surface area is 182 Å². The van der Waals surface area contributed by atoms with Crippen LogP contribution in [0.3, 0.4) is 0 Å². The van der Waals surface area contributed by atoms with Gasteiger partial charge in [0, 0.05) is 12.1 Å². The van der Waals surface area contributed by atoms with Crippen LogP contribution in [0.4, 0.5) is 5.82 Å². The first-order valence-electron chi connectivity index (χ1n) is 9.62. The Morgan fingerprint density at radius 1 is 1.13 bits per heavy atom. The van der Waals surface area contributed by atoms with Gasteiger partial charge in [-0.15, -0.1) is 0 Å². The SMILES string of the molecule is Cc1c(Cc2ccccc2)[nH]c(NC(=O)CSc2nc3ccccc3c(=O)[nH]2)c1C#N. The molecular formula is C23H19N5O2S. The molecule has 0 aliphatic heterocycles. The lowest BCUT2D eigenvalue weighted by Gasteiger charge is -2.05. The number of nitrogens with zero attached hydrogens (tertiary/aromatic N) is 2. The van der Waals surface area contributed by atoms with Gasteiger partial charge in [-0.25, -0.2) is 4.98 Å². The van der Waals surface area contributed by atoms with Crippen molar-refractivity contribution in [2.24, 2.45) is 0 Å². The molecule has 0 saturated heterocycles. The first-order chi connectivity index (χ1) is 15.0. The Kier molecular flexibility index (Phi) is 5.87. The van der Waals surface area contributed by atoms with Crippen molar-refractivity contribution < 1.29 is 4.79 Å². The molecule has 154 valence electrons. The number of aromatic amines is 2.